The van der Waals surface area contributed by atoms with Crippen molar-refractivity contribution in [3.8, 4) is 6.07 Å². The molecule has 2 rings (SSSR count). The van der Waals surface area contributed by atoms with Gasteiger partial charge in [-0.1, -0.05) is 0 Å². The molecule has 9 nitrogen and oxygen atoms in total. The number of rotatable bonds is 6. The second-order valence-corrected chi connectivity index (χ2v) is 4.84. The van der Waals surface area contributed by atoms with Crippen LogP contribution >= 0.6 is 0 Å². The van der Waals surface area contributed by atoms with Crippen LogP contribution < -0.4 is 5.32 Å². The zero-order valence-corrected chi connectivity index (χ0v) is 12.2. The van der Waals surface area contributed by atoms with Crippen LogP contribution in [0.1, 0.15) is 17.2 Å². The van der Waals surface area contributed by atoms with Crippen LogP contribution in [-0.2, 0) is 0 Å². The predicted molar refractivity (Wildman–Crippen MR) is 84.4 cm³/mol. The minimum absolute atomic E-state index is 0.0320. The molecule has 0 aliphatic carbocycles. The molecule has 2 aromatic carbocycles. The molecular weight excluding hydrogens is 316 g/mol. The number of hydrogen-bond donors (Lipinski definition) is 2. The van der Waals surface area contributed by atoms with Gasteiger partial charge in [0, 0.05) is 30.8 Å². The quantitative estimate of drug-likeness (QED) is 0.612. The summed E-state index contributed by atoms with van der Waals surface area (Å²) in [7, 11) is 0. The standard InChI is InChI=1S/C15H12N4O5/c16-8-11-7-13(19(23)24)5-6-14(11)17-9-15(20)10-1-3-12(4-2-10)18(21)22/h1-7,15,17,20H,9H2. The number of nitrogens with zero attached hydrogens (tertiary/aromatic N) is 3. The number of anilines is 1. The van der Waals surface area contributed by atoms with Crippen molar-refractivity contribution in [3.63, 3.8) is 0 Å². The highest BCUT2D eigenvalue weighted by Gasteiger charge is 2.13. The predicted octanol–water partition coefficient (Wildman–Crippen LogP) is 2.52. The highest BCUT2D eigenvalue weighted by Crippen LogP contribution is 2.23. The fraction of sp³-hybridized carbons (Fsp3) is 0.133. The van der Waals surface area contributed by atoms with E-state index in [2.05, 4.69) is 5.32 Å². The van der Waals surface area contributed by atoms with Crippen molar-refractivity contribution < 1.29 is 15.0 Å². The van der Waals surface area contributed by atoms with E-state index in [4.69, 9.17) is 5.26 Å². The number of hydrogen-bond acceptors (Lipinski definition) is 7. The molecule has 0 aliphatic heterocycles. The lowest BCUT2D eigenvalue weighted by molar-refractivity contribution is -0.385. The molecular formula is C15H12N4O5. The van der Waals surface area contributed by atoms with Gasteiger partial charge in [-0.3, -0.25) is 20.2 Å². The van der Waals surface area contributed by atoms with Gasteiger partial charge in [0.15, 0.2) is 0 Å². The highest BCUT2D eigenvalue weighted by molar-refractivity contribution is 5.61. The molecule has 2 aromatic rings. The fourth-order valence-electron chi connectivity index (χ4n) is 2.04. The summed E-state index contributed by atoms with van der Waals surface area (Å²) in [5, 5.41) is 43.3. The van der Waals surface area contributed by atoms with Gasteiger partial charge in [-0.2, -0.15) is 5.26 Å². The SMILES string of the molecule is N#Cc1cc([N+](=O)[O-])ccc1NCC(O)c1ccc([N+](=O)[O-])cc1. The number of non-ortho nitro benzene ring substituents is 2. The summed E-state index contributed by atoms with van der Waals surface area (Å²) in [6.45, 7) is 0.0320. The van der Waals surface area contributed by atoms with Crippen LogP contribution in [0.4, 0.5) is 17.1 Å². The first-order chi connectivity index (χ1) is 11.4. The van der Waals surface area contributed by atoms with Crippen molar-refractivity contribution in [2.24, 2.45) is 0 Å². The van der Waals surface area contributed by atoms with Crippen molar-refractivity contribution in [1.29, 1.82) is 5.26 Å². The summed E-state index contributed by atoms with van der Waals surface area (Å²) < 4.78 is 0. The van der Waals surface area contributed by atoms with Gasteiger partial charge >= 0.3 is 0 Å². The first kappa shape index (κ1) is 16.9. The smallest absolute Gasteiger partial charge is 0.270 e. The molecule has 0 aromatic heterocycles. The molecule has 0 saturated carbocycles. The van der Waals surface area contributed by atoms with E-state index in [0.29, 0.717) is 11.3 Å². The van der Waals surface area contributed by atoms with Crippen LogP contribution in [0.2, 0.25) is 0 Å². The summed E-state index contributed by atoms with van der Waals surface area (Å²) in [6.07, 6.45) is -0.965. The molecule has 0 aliphatic rings. The monoisotopic (exact) mass is 328 g/mol. The van der Waals surface area contributed by atoms with Crippen molar-refractivity contribution in [2.75, 3.05) is 11.9 Å². The number of benzene rings is 2. The Labute approximate surface area is 136 Å². The van der Waals surface area contributed by atoms with Gasteiger partial charge in [0.1, 0.15) is 6.07 Å². The van der Waals surface area contributed by atoms with E-state index >= 15 is 0 Å². The van der Waals surface area contributed by atoms with Crippen LogP contribution in [0.25, 0.3) is 0 Å². The van der Waals surface area contributed by atoms with Crippen molar-refractivity contribution in [3.05, 3.63) is 73.8 Å². The van der Waals surface area contributed by atoms with E-state index in [0.717, 1.165) is 6.07 Å². The zero-order valence-electron chi connectivity index (χ0n) is 12.2. The first-order valence-corrected chi connectivity index (χ1v) is 6.77. The minimum Gasteiger partial charge on any atom is -0.387 e. The molecule has 1 unspecified atom stereocenters. The normalized spacial score (nSPS) is 11.3. The van der Waals surface area contributed by atoms with Crippen LogP contribution in [0.3, 0.4) is 0 Å². The van der Waals surface area contributed by atoms with Gasteiger partial charge in [0.2, 0.25) is 0 Å². The molecule has 0 saturated heterocycles. The average molecular weight is 328 g/mol. The Bertz CT molecular complexity index is 814. The fourth-order valence-corrected chi connectivity index (χ4v) is 2.04. The van der Waals surface area contributed by atoms with Crippen LogP contribution in [0.5, 0.6) is 0 Å². The highest BCUT2D eigenvalue weighted by atomic mass is 16.6. The summed E-state index contributed by atoms with van der Waals surface area (Å²) in [5.41, 5.74) is 0.617. The Morgan fingerprint density at radius 3 is 2.21 bits per heavy atom. The third kappa shape index (κ3) is 3.82. The molecule has 9 heteroatoms. The van der Waals surface area contributed by atoms with Gasteiger partial charge in [-0.15, -0.1) is 0 Å². The van der Waals surface area contributed by atoms with E-state index < -0.39 is 16.0 Å². The van der Waals surface area contributed by atoms with Gasteiger partial charge < -0.3 is 10.4 Å². The van der Waals surface area contributed by atoms with Crippen molar-refractivity contribution in [2.45, 2.75) is 6.10 Å². The van der Waals surface area contributed by atoms with Gasteiger partial charge in [-0.25, -0.2) is 0 Å². The molecule has 1 atom stereocenters. The Hall–Kier alpha value is -3.51. The lowest BCUT2D eigenvalue weighted by atomic mass is 10.1. The van der Waals surface area contributed by atoms with E-state index in [1.165, 1.54) is 36.4 Å². The molecule has 0 bridgehead atoms. The third-order valence-corrected chi connectivity index (χ3v) is 3.31. The maximum Gasteiger partial charge on any atom is 0.270 e. The Kier molecular flexibility index (Phi) is 5.03. The lowest BCUT2D eigenvalue weighted by Crippen LogP contribution is -2.13. The number of nitriles is 1. The van der Waals surface area contributed by atoms with Crippen LogP contribution in [-0.4, -0.2) is 21.5 Å². The van der Waals surface area contributed by atoms with Crippen molar-refractivity contribution in [1.82, 2.24) is 0 Å². The topological polar surface area (TPSA) is 142 Å². The maximum absolute atomic E-state index is 10.7. The zero-order chi connectivity index (χ0) is 17.7. The Morgan fingerprint density at radius 2 is 1.67 bits per heavy atom. The largest absolute Gasteiger partial charge is 0.387 e. The van der Waals surface area contributed by atoms with Gasteiger partial charge in [0.25, 0.3) is 11.4 Å². The van der Waals surface area contributed by atoms with Crippen LogP contribution in [0.15, 0.2) is 42.5 Å². The second kappa shape index (κ2) is 7.17. The average Bonchev–Trinajstić information content (AvgIpc) is 2.59. The number of nitro groups is 2. The Morgan fingerprint density at radius 1 is 1.08 bits per heavy atom. The number of nitrogens with one attached hydrogen (secondary N) is 1. The molecule has 0 spiro atoms. The van der Waals surface area contributed by atoms with E-state index in [-0.39, 0.29) is 23.5 Å². The molecule has 0 radical (unpaired) electrons. The Balaban J connectivity index is 2.08. The maximum atomic E-state index is 10.7. The van der Waals surface area contributed by atoms with E-state index in [1.54, 1.807) is 0 Å². The molecule has 0 amide bonds. The summed E-state index contributed by atoms with van der Waals surface area (Å²) in [5.74, 6) is 0. The molecule has 0 fully saturated rings. The third-order valence-electron chi connectivity index (χ3n) is 3.31. The van der Waals surface area contributed by atoms with E-state index in [1.807, 2.05) is 6.07 Å². The van der Waals surface area contributed by atoms with Gasteiger partial charge in [0.05, 0.1) is 27.2 Å². The minimum atomic E-state index is -0.965. The van der Waals surface area contributed by atoms with Crippen LogP contribution in [0, 0.1) is 31.6 Å². The first-order valence-electron chi connectivity index (χ1n) is 6.77. The second-order valence-electron chi connectivity index (χ2n) is 4.84. The lowest BCUT2D eigenvalue weighted by Gasteiger charge is -2.14. The van der Waals surface area contributed by atoms with E-state index in [9.17, 15) is 25.3 Å². The summed E-state index contributed by atoms with van der Waals surface area (Å²) >= 11 is 0. The number of aliphatic hydroxyl groups excluding tert-OH is 1. The molecule has 2 N–H and O–H groups in total. The molecule has 122 valence electrons. The molecule has 24 heavy (non-hydrogen) atoms. The molecule has 0 heterocycles. The van der Waals surface area contributed by atoms with Crippen molar-refractivity contribution >= 4 is 17.1 Å². The van der Waals surface area contributed by atoms with Gasteiger partial charge in [-0.05, 0) is 23.8 Å². The summed E-state index contributed by atoms with van der Waals surface area (Å²) in [4.78, 5) is 20.1. The number of nitro benzene ring substituents is 2. The summed E-state index contributed by atoms with van der Waals surface area (Å²) in [6, 6.07) is 11.1. The number of aliphatic hydroxyl groups is 1.